The van der Waals surface area contributed by atoms with Gasteiger partial charge in [-0.1, -0.05) is 11.6 Å². The van der Waals surface area contributed by atoms with Gasteiger partial charge in [-0.15, -0.1) is 0 Å². The molecule has 0 saturated carbocycles. The highest BCUT2D eigenvalue weighted by molar-refractivity contribution is 6.32. The summed E-state index contributed by atoms with van der Waals surface area (Å²) in [6, 6.07) is 4.26. The van der Waals surface area contributed by atoms with Crippen LogP contribution in [0, 0.1) is 10.1 Å². The number of rotatable bonds is 8. The fourth-order valence-electron chi connectivity index (χ4n) is 2.82. The Balaban J connectivity index is 1.85. The monoisotopic (exact) mass is 478 g/mol. The molecule has 4 amide bonds. The summed E-state index contributed by atoms with van der Waals surface area (Å²) >= 11 is 6.04. The second kappa shape index (κ2) is 9.40. The summed E-state index contributed by atoms with van der Waals surface area (Å²) in [6.45, 7) is -0.908. The van der Waals surface area contributed by atoms with Gasteiger partial charge in [0.2, 0.25) is 11.5 Å². The summed E-state index contributed by atoms with van der Waals surface area (Å²) in [4.78, 5) is 58.7. The number of furan rings is 1. The van der Waals surface area contributed by atoms with Gasteiger partial charge in [0.25, 0.3) is 11.8 Å². The van der Waals surface area contributed by atoms with Crippen molar-refractivity contribution >= 4 is 47.2 Å². The number of primary amides is 1. The molecule has 14 heteroatoms. The molecule has 1 aliphatic rings. The van der Waals surface area contributed by atoms with E-state index in [9.17, 15) is 29.3 Å². The van der Waals surface area contributed by atoms with Crippen molar-refractivity contribution in [1.82, 2.24) is 10.2 Å². The maximum Gasteiger partial charge on any atom is 0.373 e. The van der Waals surface area contributed by atoms with Crippen molar-refractivity contribution in [2.45, 2.75) is 6.54 Å². The number of nitro groups is 1. The van der Waals surface area contributed by atoms with Gasteiger partial charge in [-0.25, -0.2) is 9.59 Å². The minimum absolute atomic E-state index is 0.101. The van der Waals surface area contributed by atoms with Crippen LogP contribution in [0.3, 0.4) is 0 Å². The molecule has 0 spiro atoms. The Labute approximate surface area is 189 Å². The van der Waals surface area contributed by atoms with Crippen LogP contribution in [0.5, 0.6) is 5.75 Å². The number of carbonyl (C=O) groups is 4. The highest BCUT2D eigenvalue weighted by Crippen LogP contribution is 2.37. The van der Waals surface area contributed by atoms with Crippen molar-refractivity contribution in [3.8, 4) is 5.75 Å². The zero-order valence-corrected chi connectivity index (χ0v) is 17.6. The second-order valence-electron chi connectivity index (χ2n) is 6.50. The number of amides is 4. The van der Waals surface area contributed by atoms with E-state index in [1.54, 1.807) is 0 Å². The molecule has 13 nitrogen and oxygen atoms in total. The van der Waals surface area contributed by atoms with Crippen LogP contribution < -0.4 is 15.8 Å². The standard InChI is InChI=1S/C19H15ClN4O9/c1-31-18(27)14-3-2-10(33-14)7-23-17(26)12(22-19(23)28)5-9-4-11(20)16(32-8-15(21)25)13(6-9)24(29)30/h2-6H,7-8H2,1H3,(H2,21,25)(H,22,28). The number of methoxy groups -OCH3 is 1. The van der Waals surface area contributed by atoms with Crippen molar-refractivity contribution < 1.29 is 38.0 Å². The minimum Gasteiger partial charge on any atom is -0.476 e. The second-order valence-corrected chi connectivity index (χ2v) is 6.91. The minimum atomic E-state index is -0.860. The van der Waals surface area contributed by atoms with Crippen molar-refractivity contribution in [3.05, 3.63) is 62.2 Å². The van der Waals surface area contributed by atoms with Crippen molar-refractivity contribution in [2.75, 3.05) is 13.7 Å². The van der Waals surface area contributed by atoms with Crippen molar-refractivity contribution in [2.24, 2.45) is 5.73 Å². The first-order valence-electron chi connectivity index (χ1n) is 9.01. The summed E-state index contributed by atoms with van der Waals surface area (Å²) in [7, 11) is 1.17. The van der Waals surface area contributed by atoms with E-state index in [1.165, 1.54) is 31.4 Å². The Morgan fingerprint density at radius 1 is 1.33 bits per heavy atom. The van der Waals surface area contributed by atoms with Gasteiger partial charge in [-0.2, -0.15) is 0 Å². The normalized spacial score (nSPS) is 14.4. The number of urea groups is 1. The number of esters is 1. The highest BCUT2D eigenvalue weighted by atomic mass is 35.5. The zero-order valence-electron chi connectivity index (χ0n) is 16.8. The molecule has 2 heterocycles. The fourth-order valence-corrected chi connectivity index (χ4v) is 3.09. The molecule has 1 aromatic carbocycles. The molecule has 1 saturated heterocycles. The Kier molecular flexibility index (Phi) is 6.63. The van der Waals surface area contributed by atoms with Gasteiger partial charge in [0, 0.05) is 6.07 Å². The molecule has 0 atom stereocenters. The van der Waals surface area contributed by atoms with Crippen LogP contribution in [0.15, 0.2) is 34.4 Å². The number of nitrogens with two attached hydrogens (primary N) is 1. The molecule has 1 aromatic heterocycles. The maximum absolute atomic E-state index is 12.7. The first kappa shape index (κ1) is 23.3. The van der Waals surface area contributed by atoms with E-state index in [0.29, 0.717) is 0 Å². The van der Waals surface area contributed by atoms with E-state index in [-0.39, 0.29) is 40.1 Å². The number of halogens is 1. The summed E-state index contributed by atoms with van der Waals surface area (Å²) in [5, 5.41) is 13.5. The highest BCUT2D eigenvalue weighted by Gasteiger charge is 2.34. The molecule has 172 valence electrons. The lowest BCUT2D eigenvalue weighted by molar-refractivity contribution is -0.385. The lowest BCUT2D eigenvalue weighted by atomic mass is 10.1. The molecule has 0 unspecified atom stereocenters. The number of carbonyl (C=O) groups excluding carboxylic acids is 4. The van der Waals surface area contributed by atoms with Gasteiger partial charge in [-0.05, 0) is 29.8 Å². The molecule has 3 N–H and O–H groups in total. The van der Waals surface area contributed by atoms with Crippen molar-refractivity contribution in [1.29, 1.82) is 0 Å². The Morgan fingerprint density at radius 3 is 2.70 bits per heavy atom. The Bertz CT molecular complexity index is 1200. The van der Waals surface area contributed by atoms with E-state index in [4.69, 9.17) is 26.5 Å². The first-order chi connectivity index (χ1) is 15.6. The van der Waals surface area contributed by atoms with Crippen LogP contribution in [0.2, 0.25) is 5.02 Å². The van der Waals surface area contributed by atoms with Gasteiger partial charge in [0.05, 0.1) is 23.6 Å². The Hall–Kier alpha value is -4.39. The molecular weight excluding hydrogens is 464 g/mol. The average Bonchev–Trinajstić information content (AvgIpc) is 3.32. The van der Waals surface area contributed by atoms with Crippen LogP contribution in [-0.4, -0.2) is 47.4 Å². The number of hydrogen-bond acceptors (Lipinski definition) is 9. The molecular formula is C19H15ClN4O9. The summed E-state index contributed by atoms with van der Waals surface area (Å²) in [6.07, 6.45) is 1.18. The number of nitro benzene ring substituents is 1. The number of nitrogens with one attached hydrogen (secondary N) is 1. The molecule has 0 radical (unpaired) electrons. The van der Waals surface area contributed by atoms with Gasteiger partial charge in [-0.3, -0.25) is 24.6 Å². The number of ether oxygens (including phenoxy) is 2. The van der Waals surface area contributed by atoms with Crippen LogP contribution in [0.1, 0.15) is 21.9 Å². The van der Waals surface area contributed by atoms with E-state index in [0.717, 1.165) is 11.0 Å². The van der Waals surface area contributed by atoms with Crippen molar-refractivity contribution in [3.63, 3.8) is 0 Å². The Morgan fingerprint density at radius 2 is 2.06 bits per heavy atom. The number of hydrogen-bond donors (Lipinski definition) is 2. The molecule has 0 bridgehead atoms. The average molecular weight is 479 g/mol. The lowest BCUT2D eigenvalue weighted by Gasteiger charge is -2.09. The van der Waals surface area contributed by atoms with Gasteiger partial charge < -0.3 is 24.9 Å². The molecule has 33 heavy (non-hydrogen) atoms. The van der Waals surface area contributed by atoms with E-state index in [2.05, 4.69) is 10.1 Å². The third kappa shape index (κ3) is 5.10. The third-order valence-corrected chi connectivity index (χ3v) is 4.52. The zero-order chi connectivity index (χ0) is 24.3. The lowest BCUT2D eigenvalue weighted by Crippen LogP contribution is -2.30. The number of imide groups is 1. The fraction of sp³-hybridized carbons (Fsp3) is 0.158. The molecule has 1 aliphatic heterocycles. The molecule has 1 fully saturated rings. The van der Waals surface area contributed by atoms with Crippen LogP contribution in [-0.2, 0) is 20.9 Å². The van der Waals surface area contributed by atoms with Gasteiger partial charge >= 0.3 is 17.7 Å². The topological polar surface area (TPSA) is 184 Å². The van der Waals surface area contributed by atoms with Crippen LogP contribution in [0.4, 0.5) is 10.5 Å². The summed E-state index contributed by atoms with van der Waals surface area (Å²) in [5.74, 6) is -2.65. The quantitative estimate of drug-likeness (QED) is 0.187. The van der Waals surface area contributed by atoms with E-state index >= 15 is 0 Å². The maximum atomic E-state index is 12.7. The predicted molar refractivity (Wildman–Crippen MR) is 110 cm³/mol. The molecule has 2 aromatic rings. The number of nitrogens with zero attached hydrogens (tertiary/aromatic N) is 2. The number of benzene rings is 1. The summed E-state index contributed by atoms with van der Waals surface area (Å²) in [5.41, 5.74) is 4.32. The predicted octanol–water partition coefficient (Wildman–Crippen LogP) is 1.58. The first-order valence-corrected chi connectivity index (χ1v) is 9.39. The largest absolute Gasteiger partial charge is 0.476 e. The van der Waals surface area contributed by atoms with E-state index in [1.807, 2.05) is 0 Å². The van der Waals surface area contributed by atoms with Crippen LogP contribution in [0.25, 0.3) is 6.08 Å². The van der Waals surface area contributed by atoms with E-state index < -0.39 is 41.0 Å². The summed E-state index contributed by atoms with van der Waals surface area (Å²) < 4.78 is 14.8. The third-order valence-electron chi connectivity index (χ3n) is 4.24. The molecule has 0 aliphatic carbocycles. The van der Waals surface area contributed by atoms with Gasteiger partial charge in [0.1, 0.15) is 11.5 Å². The van der Waals surface area contributed by atoms with Crippen LogP contribution >= 0.6 is 11.6 Å². The molecule has 3 rings (SSSR count). The van der Waals surface area contributed by atoms with Gasteiger partial charge in [0.15, 0.2) is 6.61 Å². The SMILES string of the molecule is COC(=O)c1ccc(CN2C(=O)NC(=Cc3cc(Cl)c(OCC(N)=O)c([N+](=O)[O-])c3)C2=O)o1. The smallest absolute Gasteiger partial charge is 0.373 e.